The van der Waals surface area contributed by atoms with Gasteiger partial charge in [0.15, 0.2) is 5.96 Å². The van der Waals surface area contributed by atoms with Crippen molar-refractivity contribution in [2.75, 3.05) is 46.1 Å². The smallest absolute Gasteiger partial charge is 0.191 e. The normalized spacial score (nSPS) is 15.5. The van der Waals surface area contributed by atoms with Gasteiger partial charge < -0.3 is 20.1 Å². The van der Waals surface area contributed by atoms with E-state index in [1.54, 1.807) is 0 Å². The van der Waals surface area contributed by atoms with E-state index in [9.17, 15) is 0 Å². The summed E-state index contributed by atoms with van der Waals surface area (Å²) in [4.78, 5) is 4.54. The molecule has 2 N–H and O–H groups in total. The van der Waals surface area contributed by atoms with Crippen LogP contribution in [0.1, 0.15) is 40.0 Å². The molecule has 0 unspecified atom stereocenters. The average molecular weight is 299 g/mol. The van der Waals surface area contributed by atoms with E-state index in [0.717, 1.165) is 57.8 Å². The lowest BCUT2D eigenvalue weighted by Gasteiger charge is -2.12. The maximum Gasteiger partial charge on any atom is 0.191 e. The average Bonchev–Trinajstić information content (AvgIpc) is 3.25. The third-order valence-corrected chi connectivity index (χ3v) is 3.10. The molecule has 1 saturated carbocycles. The lowest BCUT2D eigenvalue weighted by molar-refractivity contribution is 0.114. The van der Waals surface area contributed by atoms with Crippen molar-refractivity contribution in [3.63, 3.8) is 0 Å². The van der Waals surface area contributed by atoms with Gasteiger partial charge in [-0.3, -0.25) is 4.99 Å². The summed E-state index contributed by atoms with van der Waals surface area (Å²) in [6.07, 6.45) is 3.68. The summed E-state index contributed by atoms with van der Waals surface area (Å²) in [5, 5.41) is 6.53. The van der Waals surface area contributed by atoms with Crippen molar-refractivity contribution in [1.29, 1.82) is 0 Å². The van der Waals surface area contributed by atoms with Crippen LogP contribution in [-0.2, 0) is 9.47 Å². The molecule has 1 aliphatic rings. The molecule has 0 aromatic heterocycles. The standard InChI is InChI=1S/C16H33N3O2/c1-4-17-16(19-9-11-21-12-14(2)3)18-8-5-10-20-13-15-6-7-15/h14-15H,4-13H2,1-3H3,(H2,17,18,19). The molecule has 0 radical (unpaired) electrons. The molecule has 124 valence electrons. The van der Waals surface area contributed by atoms with Crippen LogP contribution < -0.4 is 10.6 Å². The fourth-order valence-corrected chi connectivity index (χ4v) is 1.79. The van der Waals surface area contributed by atoms with Crippen LogP contribution in [0.15, 0.2) is 4.99 Å². The van der Waals surface area contributed by atoms with Crippen LogP contribution in [-0.4, -0.2) is 52.0 Å². The first-order valence-electron chi connectivity index (χ1n) is 8.40. The summed E-state index contributed by atoms with van der Waals surface area (Å²) in [5.74, 6) is 2.30. The van der Waals surface area contributed by atoms with Crippen molar-refractivity contribution < 1.29 is 9.47 Å². The lowest BCUT2D eigenvalue weighted by atomic mass is 10.2. The van der Waals surface area contributed by atoms with Gasteiger partial charge in [0.1, 0.15) is 0 Å². The maximum absolute atomic E-state index is 5.60. The first-order chi connectivity index (χ1) is 10.2. The molecule has 0 amide bonds. The molecule has 0 aliphatic heterocycles. The van der Waals surface area contributed by atoms with Crippen molar-refractivity contribution in [2.24, 2.45) is 16.8 Å². The highest BCUT2D eigenvalue weighted by molar-refractivity contribution is 5.79. The van der Waals surface area contributed by atoms with E-state index in [1.807, 2.05) is 0 Å². The fraction of sp³-hybridized carbons (Fsp3) is 0.938. The minimum atomic E-state index is 0.586. The molecular weight excluding hydrogens is 266 g/mol. The summed E-state index contributed by atoms with van der Waals surface area (Å²) in [6.45, 7) is 12.1. The molecule has 21 heavy (non-hydrogen) atoms. The Kier molecular flexibility index (Phi) is 10.3. The Hall–Kier alpha value is -0.810. The highest BCUT2D eigenvalue weighted by Crippen LogP contribution is 2.28. The van der Waals surface area contributed by atoms with Gasteiger partial charge in [-0.15, -0.1) is 0 Å². The second kappa shape index (κ2) is 11.8. The number of guanidine groups is 1. The molecule has 5 nitrogen and oxygen atoms in total. The second-order valence-corrected chi connectivity index (χ2v) is 6.03. The molecule has 0 aromatic rings. The van der Waals surface area contributed by atoms with Gasteiger partial charge in [-0.05, 0) is 38.0 Å². The van der Waals surface area contributed by atoms with Gasteiger partial charge in [0, 0.05) is 39.5 Å². The Bertz CT molecular complexity index is 279. The lowest BCUT2D eigenvalue weighted by Crippen LogP contribution is -2.39. The Labute approximate surface area is 129 Å². The van der Waals surface area contributed by atoms with Crippen LogP contribution in [0.25, 0.3) is 0 Å². The van der Waals surface area contributed by atoms with Crippen LogP contribution in [0.2, 0.25) is 0 Å². The van der Waals surface area contributed by atoms with E-state index in [-0.39, 0.29) is 0 Å². The third kappa shape index (κ3) is 11.5. The number of nitrogens with one attached hydrogen (secondary N) is 2. The first kappa shape index (κ1) is 18.2. The highest BCUT2D eigenvalue weighted by Gasteiger charge is 2.20. The minimum Gasteiger partial charge on any atom is -0.381 e. The largest absolute Gasteiger partial charge is 0.381 e. The van der Waals surface area contributed by atoms with E-state index in [2.05, 4.69) is 36.4 Å². The number of nitrogens with zero attached hydrogens (tertiary/aromatic N) is 1. The number of aliphatic imine (C=N–C) groups is 1. The third-order valence-electron chi connectivity index (χ3n) is 3.10. The van der Waals surface area contributed by atoms with Crippen LogP contribution in [0.4, 0.5) is 0 Å². The maximum atomic E-state index is 5.60. The Morgan fingerprint density at radius 3 is 2.67 bits per heavy atom. The summed E-state index contributed by atoms with van der Waals surface area (Å²) in [5.41, 5.74) is 0. The molecule has 1 fully saturated rings. The number of rotatable bonds is 12. The van der Waals surface area contributed by atoms with Gasteiger partial charge in [0.2, 0.25) is 0 Å². The Morgan fingerprint density at radius 2 is 2.00 bits per heavy atom. The molecule has 1 rings (SSSR count). The molecule has 0 spiro atoms. The van der Waals surface area contributed by atoms with Gasteiger partial charge in [0.05, 0.1) is 6.61 Å². The summed E-state index contributed by atoms with van der Waals surface area (Å²) in [7, 11) is 0. The van der Waals surface area contributed by atoms with Crippen molar-refractivity contribution in [1.82, 2.24) is 10.6 Å². The van der Waals surface area contributed by atoms with Crippen molar-refractivity contribution in [2.45, 2.75) is 40.0 Å². The van der Waals surface area contributed by atoms with Gasteiger partial charge in [-0.1, -0.05) is 13.8 Å². The van der Waals surface area contributed by atoms with E-state index in [0.29, 0.717) is 12.5 Å². The van der Waals surface area contributed by atoms with Gasteiger partial charge >= 0.3 is 0 Å². The number of hydrogen-bond donors (Lipinski definition) is 2. The summed E-state index contributed by atoms with van der Waals surface area (Å²) in [6, 6.07) is 0. The number of ether oxygens (including phenoxy) is 2. The molecule has 0 atom stereocenters. The fourth-order valence-electron chi connectivity index (χ4n) is 1.79. The Balaban J connectivity index is 2.01. The van der Waals surface area contributed by atoms with E-state index >= 15 is 0 Å². The molecule has 0 saturated heterocycles. The second-order valence-electron chi connectivity index (χ2n) is 6.03. The zero-order valence-electron chi connectivity index (χ0n) is 14.0. The molecule has 0 heterocycles. The minimum absolute atomic E-state index is 0.586. The topological polar surface area (TPSA) is 54.9 Å². The molecule has 0 bridgehead atoms. The van der Waals surface area contributed by atoms with Crippen molar-refractivity contribution >= 4 is 5.96 Å². The first-order valence-corrected chi connectivity index (χ1v) is 8.40. The predicted octanol–water partition coefficient (Wildman–Crippen LogP) is 2.03. The molecule has 5 heteroatoms. The van der Waals surface area contributed by atoms with Crippen LogP contribution >= 0.6 is 0 Å². The van der Waals surface area contributed by atoms with E-state index < -0.39 is 0 Å². The van der Waals surface area contributed by atoms with Crippen LogP contribution in [0, 0.1) is 11.8 Å². The predicted molar refractivity (Wildman–Crippen MR) is 87.8 cm³/mol. The van der Waals surface area contributed by atoms with Gasteiger partial charge in [-0.2, -0.15) is 0 Å². The Morgan fingerprint density at radius 1 is 1.19 bits per heavy atom. The molecule has 1 aliphatic carbocycles. The van der Waals surface area contributed by atoms with Gasteiger partial charge in [-0.25, -0.2) is 0 Å². The monoisotopic (exact) mass is 299 g/mol. The van der Waals surface area contributed by atoms with Crippen molar-refractivity contribution in [3.8, 4) is 0 Å². The van der Waals surface area contributed by atoms with Gasteiger partial charge in [0.25, 0.3) is 0 Å². The summed E-state index contributed by atoms with van der Waals surface area (Å²) < 4.78 is 11.1. The van der Waals surface area contributed by atoms with E-state index in [1.165, 1.54) is 12.8 Å². The van der Waals surface area contributed by atoms with Crippen molar-refractivity contribution in [3.05, 3.63) is 0 Å². The van der Waals surface area contributed by atoms with Crippen LogP contribution in [0.5, 0.6) is 0 Å². The van der Waals surface area contributed by atoms with Crippen LogP contribution in [0.3, 0.4) is 0 Å². The molecule has 0 aromatic carbocycles. The quantitative estimate of drug-likeness (QED) is 0.329. The SMILES string of the molecule is CCNC(=NCCCOCC1CC1)NCCOCC(C)C. The zero-order valence-corrected chi connectivity index (χ0v) is 14.0. The number of hydrogen-bond acceptors (Lipinski definition) is 3. The zero-order chi connectivity index (χ0) is 15.3. The highest BCUT2D eigenvalue weighted by atomic mass is 16.5. The van der Waals surface area contributed by atoms with E-state index in [4.69, 9.17) is 9.47 Å². The molecular formula is C16H33N3O2. The summed E-state index contributed by atoms with van der Waals surface area (Å²) >= 11 is 0.